The lowest BCUT2D eigenvalue weighted by Gasteiger charge is -2.34. The Morgan fingerprint density at radius 1 is 1.12 bits per heavy atom. The molecule has 0 spiro atoms. The number of aromatic nitrogens is 1. The zero-order valence-electron chi connectivity index (χ0n) is 14.4. The second kappa shape index (κ2) is 7.25. The van der Waals surface area contributed by atoms with E-state index in [1.807, 2.05) is 48.2 Å². The molecular formula is C19H19BrN4OS. The molecule has 1 aliphatic heterocycles. The van der Waals surface area contributed by atoms with E-state index in [4.69, 9.17) is 4.98 Å². The zero-order chi connectivity index (χ0) is 18.1. The van der Waals surface area contributed by atoms with Crippen LogP contribution >= 0.6 is 27.3 Å². The maximum absolute atomic E-state index is 12.5. The summed E-state index contributed by atoms with van der Waals surface area (Å²) >= 11 is 5.20. The lowest BCUT2D eigenvalue weighted by molar-refractivity contribution is 0.208. The number of urea groups is 1. The summed E-state index contributed by atoms with van der Waals surface area (Å²) in [6, 6.07) is 14.0. The molecule has 1 N–H and O–H groups in total. The highest BCUT2D eigenvalue weighted by molar-refractivity contribution is 9.10. The summed E-state index contributed by atoms with van der Waals surface area (Å²) in [5.41, 5.74) is 3.03. The van der Waals surface area contributed by atoms with Crippen molar-refractivity contribution in [2.75, 3.05) is 36.4 Å². The van der Waals surface area contributed by atoms with Gasteiger partial charge in [0.15, 0.2) is 5.13 Å². The van der Waals surface area contributed by atoms with Crippen molar-refractivity contribution in [3.63, 3.8) is 0 Å². The fourth-order valence-electron chi connectivity index (χ4n) is 2.96. The van der Waals surface area contributed by atoms with Gasteiger partial charge in [0.1, 0.15) is 0 Å². The number of carbonyl (C=O) groups excluding carboxylic acids is 1. The van der Waals surface area contributed by atoms with Crippen LogP contribution in [0, 0.1) is 6.92 Å². The topological polar surface area (TPSA) is 48.5 Å². The zero-order valence-corrected chi connectivity index (χ0v) is 16.8. The van der Waals surface area contributed by atoms with Gasteiger partial charge in [-0.05, 0) is 37.3 Å². The molecule has 0 atom stereocenters. The molecule has 5 nitrogen and oxygen atoms in total. The average molecular weight is 431 g/mol. The minimum atomic E-state index is -0.0401. The molecule has 0 saturated carbocycles. The first-order chi connectivity index (χ1) is 12.6. The van der Waals surface area contributed by atoms with Crippen LogP contribution in [0.5, 0.6) is 0 Å². The lowest BCUT2D eigenvalue weighted by atomic mass is 10.2. The summed E-state index contributed by atoms with van der Waals surface area (Å²) in [7, 11) is 0. The summed E-state index contributed by atoms with van der Waals surface area (Å²) < 4.78 is 2.24. The maximum Gasteiger partial charge on any atom is 0.321 e. The number of halogens is 1. The molecular weight excluding hydrogens is 412 g/mol. The molecule has 2 amide bonds. The SMILES string of the molecule is Cc1ccc(NC(=O)N2CCN(c3nc4ccc(Br)cc4s3)CC2)cc1. The van der Waals surface area contributed by atoms with E-state index in [0.717, 1.165) is 33.9 Å². The van der Waals surface area contributed by atoms with Crippen molar-refractivity contribution in [1.82, 2.24) is 9.88 Å². The first-order valence-corrected chi connectivity index (χ1v) is 10.1. The molecule has 1 fully saturated rings. The van der Waals surface area contributed by atoms with Crippen molar-refractivity contribution in [2.24, 2.45) is 0 Å². The highest BCUT2D eigenvalue weighted by atomic mass is 79.9. The number of aryl methyl sites for hydroxylation is 1. The normalized spacial score (nSPS) is 14.7. The average Bonchev–Trinajstić information content (AvgIpc) is 3.07. The van der Waals surface area contributed by atoms with Gasteiger partial charge in [-0.2, -0.15) is 0 Å². The Morgan fingerprint density at radius 2 is 1.85 bits per heavy atom. The first-order valence-electron chi connectivity index (χ1n) is 8.52. The van der Waals surface area contributed by atoms with Gasteiger partial charge in [0.25, 0.3) is 0 Å². The summed E-state index contributed by atoms with van der Waals surface area (Å²) in [6.07, 6.45) is 0. The van der Waals surface area contributed by atoms with E-state index in [2.05, 4.69) is 32.2 Å². The monoisotopic (exact) mass is 430 g/mol. The van der Waals surface area contributed by atoms with E-state index in [0.29, 0.717) is 13.1 Å². The minimum absolute atomic E-state index is 0.0401. The summed E-state index contributed by atoms with van der Waals surface area (Å²) in [5.74, 6) is 0. The molecule has 2 heterocycles. The van der Waals surface area contributed by atoms with Gasteiger partial charge in [-0.3, -0.25) is 0 Å². The van der Waals surface area contributed by atoms with Gasteiger partial charge in [-0.1, -0.05) is 45.0 Å². The van der Waals surface area contributed by atoms with Crippen LogP contribution in [-0.4, -0.2) is 42.1 Å². The van der Waals surface area contributed by atoms with E-state index in [-0.39, 0.29) is 6.03 Å². The van der Waals surface area contributed by atoms with Gasteiger partial charge in [-0.15, -0.1) is 0 Å². The number of hydrogen-bond acceptors (Lipinski definition) is 4. The van der Waals surface area contributed by atoms with Crippen LogP contribution in [-0.2, 0) is 0 Å². The second-order valence-corrected chi connectivity index (χ2v) is 8.30. The number of anilines is 2. The van der Waals surface area contributed by atoms with Crippen molar-refractivity contribution in [2.45, 2.75) is 6.92 Å². The molecule has 0 bridgehead atoms. The number of thiazole rings is 1. The van der Waals surface area contributed by atoms with E-state index >= 15 is 0 Å². The molecule has 1 saturated heterocycles. The van der Waals surface area contributed by atoms with E-state index in [1.54, 1.807) is 11.3 Å². The number of piperazine rings is 1. The number of hydrogen-bond donors (Lipinski definition) is 1. The Balaban J connectivity index is 1.38. The Hall–Kier alpha value is -2.12. The predicted molar refractivity (Wildman–Crippen MR) is 111 cm³/mol. The fraction of sp³-hybridized carbons (Fsp3) is 0.263. The van der Waals surface area contributed by atoms with Gasteiger partial charge in [-0.25, -0.2) is 9.78 Å². The standard InChI is InChI=1S/C19H19BrN4OS/c1-13-2-5-15(6-3-13)21-18(25)23-8-10-24(11-9-23)19-22-16-7-4-14(20)12-17(16)26-19/h2-7,12H,8-11H2,1H3,(H,21,25). The summed E-state index contributed by atoms with van der Waals surface area (Å²) in [6.45, 7) is 5.00. The number of benzene rings is 2. The van der Waals surface area contributed by atoms with Gasteiger partial charge in [0.05, 0.1) is 10.2 Å². The predicted octanol–water partition coefficient (Wildman–Crippen LogP) is 4.72. The van der Waals surface area contributed by atoms with Crippen molar-refractivity contribution in [3.05, 3.63) is 52.5 Å². The first kappa shape index (κ1) is 17.3. The Kier molecular flexibility index (Phi) is 4.82. The van der Waals surface area contributed by atoms with Crippen LogP contribution in [0.1, 0.15) is 5.56 Å². The third kappa shape index (κ3) is 3.68. The van der Waals surface area contributed by atoms with Crippen LogP contribution in [0.3, 0.4) is 0 Å². The smallest absolute Gasteiger partial charge is 0.321 e. The van der Waals surface area contributed by atoms with E-state index < -0.39 is 0 Å². The quantitative estimate of drug-likeness (QED) is 0.639. The van der Waals surface area contributed by atoms with Crippen LogP contribution < -0.4 is 10.2 Å². The van der Waals surface area contributed by atoms with Crippen LogP contribution in [0.2, 0.25) is 0 Å². The molecule has 2 aromatic carbocycles. The molecule has 134 valence electrons. The molecule has 7 heteroatoms. The third-order valence-corrected chi connectivity index (χ3v) is 6.05. The van der Waals surface area contributed by atoms with E-state index in [9.17, 15) is 4.79 Å². The van der Waals surface area contributed by atoms with Gasteiger partial charge in [0.2, 0.25) is 0 Å². The van der Waals surface area contributed by atoms with Crippen LogP contribution in [0.4, 0.5) is 15.6 Å². The van der Waals surface area contributed by atoms with Crippen molar-refractivity contribution in [3.8, 4) is 0 Å². The van der Waals surface area contributed by atoms with Crippen molar-refractivity contribution < 1.29 is 4.79 Å². The van der Waals surface area contributed by atoms with Gasteiger partial charge >= 0.3 is 6.03 Å². The molecule has 1 aromatic heterocycles. The van der Waals surface area contributed by atoms with Crippen molar-refractivity contribution >= 4 is 54.3 Å². The van der Waals surface area contributed by atoms with Crippen LogP contribution in [0.15, 0.2) is 46.9 Å². The number of rotatable bonds is 2. The van der Waals surface area contributed by atoms with Crippen molar-refractivity contribution in [1.29, 1.82) is 0 Å². The van der Waals surface area contributed by atoms with Gasteiger partial charge < -0.3 is 15.1 Å². The van der Waals surface area contributed by atoms with Gasteiger partial charge in [0, 0.05) is 36.3 Å². The molecule has 26 heavy (non-hydrogen) atoms. The summed E-state index contributed by atoms with van der Waals surface area (Å²) in [4.78, 5) is 21.3. The van der Waals surface area contributed by atoms with Crippen LogP contribution in [0.25, 0.3) is 10.2 Å². The molecule has 0 aliphatic carbocycles. The molecule has 4 rings (SSSR count). The Bertz CT molecular complexity index is 932. The number of amides is 2. The molecule has 3 aromatic rings. The molecule has 1 aliphatic rings. The Labute approximate surface area is 164 Å². The van der Waals surface area contributed by atoms with E-state index in [1.165, 1.54) is 10.3 Å². The highest BCUT2D eigenvalue weighted by Crippen LogP contribution is 2.31. The number of fused-ring (bicyclic) bond motifs is 1. The number of nitrogens with zero attached hydrogens (tertiary/aromatic N) is 3. The fourth-order valence-corrected chi connectivity index (χ4v) is 4.53. The number of nitrogens with one attached hydrogen (secondary N) is 1. The lowest BCUT2D eigenvalue weighted by Crippen LogP contribution is -2.50. The third-order valence-electron chi connectivity index (χ3n) is 4.48. The second-order valence-electron chi connectivity index (χ2n) is 6.38. The maximum atomic E-state index is 12.5. The highest BCUT2D eigenvalue weighted by Gasteiger charge is 2.23. The minimum Gasteiger partial charge on any atom is -0.345 e. The Morgan fingerprint density at radius 3 is 2.58 bits per heavy atom. The molecule has 0 unspecified atom stereocenters. The number of carbonyl (C=O) groups is 1. The molecule has 0 radical (unpaired) electrons. The largest absolute Gasteiger partial charge is 0.345 e. The summed E-state index contributed by atoms with van der Waals surface area (Å²) in [5, 5.41) is 4.00.